The number of rotatable bonds is 6. The summed E-state index contributed by atoms with van der Waals surface area (Å²) < 4.78 is 0. The Morgan fingerprint density at radius 1 is 0.800 bits per heavy atom. The molecule has 1 atom stereocenters. The van der Waals surface area contributed by atoms with E-state index in [4.69, 9.17) is 0 Å². The van der Waals surface area contributed by atoms with Crippen LogP contribution < -0.4 is 10.6 Å². The number of amides is 2. The molecule has 3 aromatic carbocycles. The van der Waals surface area contributed by atoms with Crippen molar-refractivity contribution in [1.29, 1.82) is 0 Å². The Hall–Kier alpha value is -3.05. The average molecular weight is 419 g/mol. The lowest BCUT2D eigenvalue weighted by atomic mass is 10.1. The lowest BCUT2D eigenvalue weighted by molar-refractivity contribution is -0.115. The molecule has 0 aliphatic rings. The fraction of sp³-hybridized carbons (Fsp3) is 0.200. The van der Waals surface area contributed by atoms with Crippen molar-refractivity contribution in [2.45, 2.75) is 37.8 Å². The molecule has 0 spiro atoms. The number of carbonyl (C=O) groups is 2. The molecule has 0 fully saturated rings. The van der Waals surface area contributed by atoms with Crippen LogP contribution >= 0.6 is 11.8 Å². The standard InChI is InChI=1S/C25H26N2O2S/c1-16-7-5-8-20(13-16)25(29)27-21-9-6-10-23(15-21)30-19(4)24(28)26-22-12-11-17(2)18(3)14-22/h5-15,19H,1-4H3,(H,26,28)(H,27,29). The Labute approximate surface area is 182 Å². The molecule has 0 aromatic heterocycles. The zero-order chi connectivity index (χ0) is 21.7. The van der Waals surface area contributed by atoms with E-state index in [2.05, 4.69) is 10.6 Å². The van der Waals surface area contributed by atoms with E-state index in [0.29, 0.717) is 11.3 Å². The summed E-state index contributed by atoms with van der Waals surface area (Å²) in [4.78, 5) is 26.0. The zero-order valence-electron chi connectivity index (χ0n) is 17.7. The van der Waals surface area contributed by atoms with Gasteiger partial charge in [-0.05, 0) is 81.3 Å². The molecular formula is C25H26N2O2S. The lowest BCUT2D eigenvalue weighted by Crippen LogP contribution is -2.22. The second kappa shape index (κ2) is 9.63. The number of hydrogen-bond acceptors (Lipinski definition) is 3. The summed E-state index contributed by atoms with van der Waals surface area (Å²) in [7, 11) is 0. The number of aryl methyl sites for hydroxylation is 3. The number of thioether (sulfide) groups is 1. The van der Waals surface area contributed by atoms with E-state index in [9.17, 15) is 9.59 Å². The van der Waals surface area contributed by atoms with E-state index in [1.807, 2.05) is 88.4 Å². The molecule has 3 aromatic rings. The first-order valence-electron chi connectivity index (χ1n) is 9.84. The molecule has 0 bridgehead atoms. The van der Waals surface area contributed by atoms with Crippen LogP contribution in [0.1, 0.15) is 34.0 Å². The fourth-order valence-electron chi connectivity index (χ4n) is 2.96. The topological polar surface area (TPSA) is 58.2 Å². The molecule has 0 aliphatic heterocycles. The third kappa shape index (κ3) is 5.74. The van der Waals surface area contributed by atoms with Crippen molar-refractivity contribution >= 4 is 35.0 Å². The fourth-order valence-corrected chi connectivity index (χ4v) is 3.88. The number of benzene rings is 3. The minimum Gasteiger partial charge on any atom is -0.325 e. The van der Waals surface area contributed by atoms with Crippen LogP contribution in [0.5, 0.6) is 0 Å². The summed E-state index contributed by atoms with van der Waals surface area (Å²) in [5.74, 6) is -0.209. The monoisotopic (exact) mass is 418 g/mol. The highest BCUT2D eigenvalue weighted by Gasteiger charge is 2.15. The van der Waals surface area contributed by atoms with Gasteiger partial charge < -0.3 is 10.6 Å². The maximum atomic E-state index is 12.6. The van der Waals surface area contributed by atoms with Crippen molar-refractivity contribution in [2.75, 3.05) is 10.6 Å². The minimum atomic E-state index is -0.283. The third-order valence-electron chi connectivity index (χ3n) is 4.83. The van der Waals surface area contributed by atoms with Crippen LogP contribution in [0, 0.1) is 20.8 Å². The Bertz CT molecular complexity index is 1080. The van der Waals surface area contributed by atoms with Gasteiger partial charge in [0.25, 0.3) is 5.91 Å². The van der Waals surface area contributed by atoms with Gasteiger partial charge in [0.1, 0.15) is 0 Å². The lowest BCUT2D eigenvalue weighted by Gasteiger charge is -2.14. The van der Waals surface area contributed by atoms with E-state index in [1.165, 1.54) is 17.3 Å². The molecule has 0 saturated heterocycles. The average Bonchev–Trinajstić information content (AvgIpc) is 2.71. The minimum absolute atomic E-state index is 0.0579. The molecule has 4 nitrogen and oxygen atoms in total. The summed E-state index contributed by atoms with van der Waals surface area (Å²) in [6.45, 7) is 7.90. The summed E-state index contributed by atoms with van der Waals surface area (Å²) >= 11 is 1.45. The molecule has 154 valence electrons. The molecule has 5 heteroatoms. The first kappa shape index (κ1) is 21.7. The van der Waals surface area contributed by atoms with Crippen LogP contribution in [0.4, 0.5) is 11.4 Å². The van der Waals surface area contributed by atoms with Gasteiger partial charge in [0.15, 0.2) is 0 Å². The quantitative estimate of drug-likeness (QED) is 0.484. The van der Waals surface area contributed by atoms with Crippen molar-refractivity contribution in [2.24, 2.45) is 0 Å². The molecule has 0 saturated carbocycles. The van der Waals surface area contributed by atoms with Crippen LogP contribution in [0.3, 0.4) is 0 Å². The van der Waals surface area contributed by atoms with Crippen LogP contribution in [0.15, 0.2) is 71.6 Å². The highest BCUT2D eigenvalue weighted by atomic mass is 32.2. The van der Waals surface area contributed by atoms with Gasteiger partial charge in [0.2, 0.25) is 5.91 Å². The van der Waals surface area contributed by atoms with E-state index in [0.717, 1.165) is 21.7 Å². The van der Waals surface area contributed by atoms with Gasteiger partial charge in [-0.2, -0.15) is 0 Å². The van der Waals surface area contributed by atoms with Crippen LogP contribution in [-0.4, -0.2) is 17.1 Å². The summed E-state index contributed by atoms with van der Waals surface area (Å²) in [6.07, 6.45) is 0. The highest BCUT2D eigenvalue weighted by Crippen LogP contribution is 2.27. The second-order valence-electron chi connectivity index (χ2n) is 7.40. The molecule has 2 N–H and O–H groups in total. The third-order valence-corrected chi connectivity index (χ3v) is 5.92. The van der Waals surface area contributed by atoms with Crippen molar-refractivity contribution in [3.63, 3.8) is 0 Å². The van der Waals surface area contributed by atoms with Crippen LogP contribution in [0.25, 0.3) is 0 Å². The number of nitrogens with one attached hydrogen (secondary N) is 2. The smallest absolute Gasteiger partial charge is 0.255 e. The summed E-state index contributed by atoms with van der Waals surface area (Å²) in [5.41, 5.74) is 5.50. The maximum Gasteiger partial charge on any atom is 0.255 e. The molecule has 0 aliphatic carbocycles. The van der Waals surface area contributed by atoms with Gasteiger partial charge in [0.05, 0.1) is 5.25 Å². The number of anilines is 2. The van der Waals surface area contributed by atoms with E-state index in [-0.39, 0.29) is 17.1 Å². The Kier molecular flexibility index (Phi) is 6.95. The Balaban J connectivity index is 1.63. The SMILES string of the molecule is Cc1cccc(C(=O)Nc2cccc(SC(C)C(=O)Nc3ccc(C)c(C)c3)c2)c1. The van der Waals surface area contributed by atoms with E-state index >= 15 is 0 Å². The first-order chi connectivity index (χ1) is 14.3. The van der Waals surface area contributed by atoms with Crippen molar-refractivity contribution < 1.29 is 9.59 Å². The summed E-state index contributed by atoms with van der Waals surface area (Å²) in [6, 6.07) is 20.9. The van der Waals surface area contributed by atoms with Gasteiger partial charge in [-0.1, -0.05) is 29.8 Å². The summed E-state index contributed by atoms with van der Waals surface area (Å²) in [5, 5.41) is 5.62. The molecular weight excluding hydrogens is 392 g/mol. The van der Waals surface area contributed by atoms with Gasteiger partial charge >= 0.3 is 0 Å². The largest absolute Gasteiger partial charge is 0.325 e. The number of hydrogen-bond donors (Lipinski definition) is 2. The van der Waals surface area contributed by atoms with Crippen molar-refractivity contribution in [3.8, 4) is 0 Å². The molecule has 3 rings (SSSR count). The van der Waals surface area contributed by atoms with Crippen LogP contribution in [0.2, 0.25) is 0 Å². The first-order valence-corrected chi connectivity index (χ1v) is 10.7. The van der Waals surface area contributed by atoms with Crippen LogP contribution in [-0.2, 0) is 4.79 Å². The van der Waals surface area contributed by atoms with E-state index in [1.54, 1.807) is 6.07 Å². The molecule has 0 radical (unpaired) electrons. The predicted octanol–water partition coefficient (Wildman–Crippen LogP) is 5.98. The van der Waals surface area contributed by atoms with Gasteiger partial charge in [-0.25, -0.2) is 0 Å². The highest BCUT2D eigenvalue weighted by molar-refractivity contribution is 8.00. The zero-order valence-corrected chi connectivity index (χ0v) is 18.5. The molecule has 1 unspecified atom stereocenters. The Morgan fingerprint density at radius 3 is 2.27 bits per heavy atom. The van der Waals surface area contributed by atoms with E-state index < -0.39 is 0 Å². The van der Waals surface area contributed by atoms with Gasteiger partial charge in [-0.15, -0.1) is 11.8 Å². The van der Waals surface area contributed by atoms with Gasteiger partial charge in [-0.3, -0.25) is 9.59 Å². The Morgan fingerprint density at radius 2 is 1.53 bits per heavy atom. The number of carbonyl (C=O) groups excluding carboxylic acids is 2. The maximum absolute atomic E-state index is 12.6. The molecule has 30 heavy (non-hydrogen) atoms. The van der Waals surface area contributed by atoms with Gasteiger partial charge in [0, 0.05) is 21.8 Å². The van der Waals surface area contributed by atoms with Crippen molar-refractivity contribution in [3.05, 3.63) is 89.0 Å². The predicted molar refractivity (Wildman–Crippen MR) is 125 cm³/mol. The molecule has 2 amide bonds. The normalized spacial score (nSPS) is 11.6. The van der Waals surface area contributed by atoms with Crippen molar-refractivity contribution in [1.82, 2.24) is 0 Å². The molecule has 0 heterocycles. The second-order valence-corrected chi connectivity index (χ2v) is 8.81.